The number of aromatic nitrogens is 1. The van der Waals surface area contributed by atoms with Crippen molar-refractivity contribution in [2.24, 2.45) is 0 Å². The fourth-order valence-electron chi connectivity index (χ4n) is 3.54. The van der Waals surface area contributed by atoms with Crippen LogP contribution in [0.25, 0.3) is 0 Å². The number of hydrogen-bond donors (Lipinski definition) is 1. The number of likely N-dealkylation sites (tertiary alicyclic amines) is 1. The van der Waals surface area contributed by atoms with Crippen LogP contribution in [0.1, 0.15) is 49.6 Å². The largest absolute Gasteiger partial charge is 0.346 e. The van der Waals surface area contributed by atoms with E-state index in [0.29, 0.717) is 5.92 Å². The predicted molar refractivity (Wildman–Crippen MR) is 90.4 cm³/mol. The molecule has 1 aromatic rings. The third kappa shape index (κ3) is 3.25. The SMILES string of the molecule is CNCc1sc(N2CCC(N3CCCC3)C2)nc1C(C)C. The molecule has 0 bridgehead atoms. The average Bonchev–Trinajstić information content (AvgIpc) is 3.18. The zero-order chi connectivity index (χ0) is 14.8. The van der Waals surface area contributed by atoms with Crippen molar-refractivity contribution in [1.29, 1.82) is 0 Å². The van der Waals surface area contributed by atoms with E-state index in [1.807, 2.05) is 18.4 Å². The molecular weight excluding hydrogens is 280 g/mol. The van der Waals surface area contributed by atoms with E-state index in [-0.39, 0.29) is 0 Å². The van der Waals surface area contributed by atoms with Gasteiger partial charge in [0.15, 0.2) is 5.13 Å². The van der Waals surface area contributed by atoms with E-state index in [2.05, 4.69) is 29.0 Å². The minimum Gasteiger partial charge on any atom is -0.346 e. The lowest BCUT2D eigenvalue weighted by Crippen LogP contribution is -2.35. The van der Waals surface area contributed by atoms with Crippen molar-refractivity contribution < 1.29 is 0 Å². The minimum absolute atomic E-state index is 0.510. The van der Waals surface area contributed by atoms with Crippen molar-refractivity contribution in [3.8, 4) is 0 Å². The molecule has 0 spiro atoms. The van der Waals surface area contributed by atoms with Crippen molar-refractivity contribution in [2.45, 2.75) is 51.6 Å². The van der Waals surface area contributed by atoms with Crippen LogP contribution in [0.3, 0.4) is 0 Å². The zero-order valence-corrected chi connectivity index (χ0v) is 14.4. The third-order valence-corrected chi connectivity index (χ3v) is 5.82. The Bertz CT molecular complexity index is 465. The molecule has 0 aromatic carbocycles. The Balaban J connectivity index is 1.70. The molecule has 0 saturated carbocycles. The molecule has 0 radical (unpaired) electrons. The van der Waals surface area contributed by atoms with E-state index in [0.717, 1.165) is 12.6 Å². The van der Waals surface area contributed by atoms with Gasteiger partial charge in [0.25, 0.3) is 0 Å². The number of nitrogens with zero attached hydrogens (tertiary/aromatic N) is 3. The van der Waals surface area contributed by atoms with Crippen LogP contribution in [0.5, 0.6) is 0 Å². The number of hydrogen-bond acceptors (Lipinski definition) is 5. The quantitative estimate of drug-likeness (QED) is 0.906. The van der Waals surface area contributed by atoms with Crippen molar-refractivity contribution in [1.82, 2.24) is 15.2 Å². The van der Waals surface area contributed by atoms with Gasteiger partial charge in [-0.3, -0.25) is 4.90 Å². The highest BCUT2D eigenvalue weighted by Crippen LogP contribution is 2.33. The molecule has 2 fully saturated rings. The van der Waals surface area contributed by atoms with Gasteiger partial charge < -0.3 is 10.2 Å². The van der Waals surface area contributed by atoms with Crippen LogP contribution in [0.2, 0.25) is 0 Å². The molecule has 4 nitrogen and oxygen atoms in total. The molecular formula is C16H28N4S. The molecule has 0 amide bonds. The standard InChI is InChI=1S/C16H28N4S/c1-12(2)15-14(10-17-3)21-16(18-15)20-9-6-13(11-20)19-7-4-5-8-19/h12-13,17H,4-11H2,1-3H3. The zero-order valence-electron chi connectivity index (χ0n) is 13.6. The Labute approximate surface area is 132 Å². The maximum absolute atomic E-state index is 4.96. The van der Waals surface area contributed by atoms with Gasteiger partial charge in [-0.15, -0.1) is 11.3 Å². The molecule has 1 aromatic heterocycles. The van der Waals surface area contributed by atoms with Crippen molar-refractivity contribution in [2.75, 3.05) is 38.1 Å². The first-order chi connectivity index (χ1) is 10.2. The Morgan fingerprint density at radius 2 is 2.05 bits per heavy atom. The van der Waals surface area contributed by atoms with Crippen molar-refractivity contribution >= 4 is 16.5 Å². The lowest BCUT2D eigenvalue weighted by Gasteiger charge is -2.23. The molecule has 5 heteroatoms. The smallest absolute Gasteiger partial charge is 0.185 e. The monoisotopic (exact) mass is 308 g/mol. The van der Waals surface area contributed by atoms with E-state index in [1.54, 1.807) is 0 Å². The number of nitrogens with one attached hydrogen (secondary N) is 1. The molecule has 21 heavy (non-hydrogen) atoms. The third-order valence-electron chi connectivity index (χ3n) is 4.69. The highest BCUT2D eigenvalue weighted by molar-refractivity contribution is 7.15. The fourth-order valence-corrected chi connectivity index (χ4v) is 4.81. The highest BCUT2D eigenvalue weighted by Gasteiger charge is 2.31. The average molecular weight is 308 g/mol. The van der Waals surface area contributed by atoms with E-state index < -0.39 is 0 Å². The summed E-state index contributed by atoms with van der Waals surface area (Å²) in [5.41, 5.74) is 1.29. The van der Waals surface area contributed by atoms with E-state index in [9.17, 15) is 0 Å². The van der Waals surface area contributed by atoms with Gasteiger partial charge in [0.05, 0.1) is 5.69 Å². The van der Waals surface area contributed by atoms with E-state index >= 15 is 0 Å². The van der Waals surface area contributed by atoms with Gasteiger partial charge in [-0.2, -0.15) is 0 Å². The molecule has 1 N–H and O–H groups in total. The summed E-state index contributed by atoms with van der Waals surface area (Å²) in [7, 11) is 2.02. The lowest BCUT2D eigenvalue weighted by molar-refractivity contribution is 0.260. The molecule has 2 aliphatic rings. The second kappa shape index (κ2) is 6.63. The first kappa shape index (κ1) is 15.3. The number of anilines is 1. The molecule has 2 saturated heterocycles. The second-order valence-corrected chi connectivity index (χ2v) is 7.68. The maximum atomic E-state index is 4.96. The number of rotatable bonds is 5. The van der Waals surface area contributed by atoms with Gasteiger partial charge in [-0.25, -0.2) is 4.98 Å². The Morgan fingerprint density at radius 1 is 1.29 bits per heavy atom. The molecule has 1 atom stereocenters. The summed E-state index contributed by atoms with van der Waals surface area (Å²) >= 11 is 1.89. The van der Waals surface area contributed by atoms with Crippen molar-refractivity contribution in [3.05, 3.63) is 10.6 Å². The summed E-state index contributed by atoms with van der Waals surface area (Å²) in [4.78, 5) is 11.6. The van der Waals surface area contributed by atoms with Crippen LogP contribution in [-0.2, 0) is 6.54 Å². The molecule has 3 heterocycles. The van der Waals surface area contributed by atoms with Crippen LogP contribution >= 0.6 is 11.3 Å². The van der Waals surface area contributed by atoms with Gasteiger partial charge in [0.1, 0.15) is 0 Å². The van der Waals surface area contributed by atoms with Crippen molar-refractivity contribution in [3.63, 3.8) is 0 Å². The molecule has 0 aliphatic carbocycles. The topological polar surface area (TPSA) is 31.4 Å². The minimum atomic E-state index is 0.510. The fraction of sp³-hybridized carbons (Fsp3) is 0.812. The summed E-state index contributed by atoms with van der Waals surface area (Å²) in [6, 6.07) is 0.756. The van der Waals surface area contributed by atoms with Crippen LogP contribution in [0.15, 0.2) is 0 Å². The maximum Gasteiger partial charge on any atom is 0.185 e. The predicted octanol–water partition coefficient (Wildman–Crippen LogP) is 2.66. The molecule has 118 valence electrons. The molecule has 1 unspecified atom stereocenters. The van der Waals surface area contributed by atoms with Crippen LogP contribution < -0.4 is 10.2 Å². The normalized spacial score (nSPS) is 23.6. The summed E-state index contributed by atoms with van der Waals surface area (Å²) in [5, 5.41) is 4.52. The van der Waals surface area contributed by atoms with Gasteiger partial charge in [-0.1, -0.05) is 13.8 Å². The van der Waals surface area contributed by atoms with Crippen LogP contribution in [0.4, 0.5) is 5.13 Å². The Kier molecular flexibility index (Phi) is 4.82. The first-order valence-corrected chi connectivity index (χ1v) is 9.14. The summed E-state index contributed by atoms with van der Waals surface area (Å²) in [5.74, 6) is 0.510. The van der Waals surface area contributed by atoms with Gasteiger partial charge in [0, 0.05) is 30.6 Å². The number of thiazole rings is 1. The molecule has 3 rings (SSSR count). The van der Waals surface area contributed by atoms with E-state index in [4.69, 9.17) is 4.98 Å². The highest BCUT2D eigenvalue weighted by atomic mass is 32.1. The molecule has 2 aliphatic heterocycles. The first-order valence-electron chi connectivity index (χ1n) is 8.32. The summed E-state index contributed by atoms with van der Waals surface area (Å²) in [6.07, 6.45) is 4.08. The van der Waals surface area contributed by atoms with Gasteiger partial charge >= 0.3 is 0 Å². The summed E-state index contributed by atoms with van der Waals surface area (Å²) in [6.45, 7) is 10.4. The second-order valence-electron chi connectivity index (χ2n) is 6.62. The van der Waals surface area contributed by atoms with Crippen LogP contribution in [0, 0.1) is 0 Å². The Morgan fingerprint density at radius 3 is 2.71 bits per heavy atom. The van der Waals surface area contributed by atoms with E-state index in [1.165, 1.54) is 61.1 Å². The Hall–Kier alpha value is -0.650. The van der Waals surface area contributed by atoms with Crippen LogP contribution in [-0.4, -0.2) is 49.2 Å². The van der Waals surface area contributed by atoms with Gasteiger partial charge in [-0.05, 0) is 45.3 Å². The van der Waals surface area contributed by atoms with Gasteiger partial charge in [0.2, 0.25) is 0 Å². The summed E-state index contributed by atoms with van der Waals surface area (Å²) < 4.78 is 0. The lowest BCUT2D eigenvalue weighted by atomic mass is 10.1.